The van der Waals surface area contributed by atoms with Crippen molar-refractivity contribution in [1.29, 1.82) is 0 Å². The van der Waals surface area contributed by atoms with Gasteiger partial charge in [-0.1, -0.05) is 72.8 Å². The molecule has 242 valence electrons. The van der Waals surface area contributed by atoms with Crippen molar-refractivity contribution in [2.45, 2.75) is 50.8 Å². The summed E-state index contributed by atoms with van der Waals surface area (Å²) in [7, 11) is 1.56. The molecule has 0 N–H and O–H groups in total. The molecule has 1 fully saturated rings. The van der Waals surface area contributed by atoms with Gasteiger partial charge >= 0.3 is 5.97 Å². The number of methoxy groups -OCH3 is 1. The van der Waals surface area contributed by atoms with Crippen LogP contribution in [-0.2, 0) is 37.0 Å². The molecule has 0 aromatic heterocycles. The summed E-state index contributed by atoms with van der Waals surface area (Å²) >= 11 is 0. The van der Waals surface area contributed by atoms with Crippen LogP contribution in [0.4, 0.5) is 0 Å². The zero-order chi connectivity index (χ0) is 32.8. The molecule has 4 aromatic carbocycles. The maximum Gasteiger partial charge on any atom is 0.303 e. The molecule has 0 bridgehead atoms. The molecule has 5 atom stereocenters. The molecule has 6 rings (SSSR count). The molecule has 2 aliphatic rings. The van der Waals surface area contributed by atoms with Crippen molar-refractivity contribution in [2.24, 2.45) is 0 Å². The molecule has 0 unspecified atom stereocenters. The average molecular weight is 638 g/mol. The largest absolute Gasteiger partial charge is 0.497 e. The first-order valence-corrected chi connectivity index (χ1v) is 15.3. The lowest BCUT2D eigenvalue weighted by Gasteiger charge is -2.47. The Balaban J connectivity index is 1.39. The van der Waals surface area contributed by atoms with Gasteiger partial charge < -0.3 is 28.4 Å². The Bertz CT molecular complexity index is 1640. The second kappa shape index (κ2) is 14.6. The third kappa shape index (κ3) is 7.20. The van der Waals surface area contributed by atoms with E-state index in [1.54, 1.807) is 55.6 Å². The first-order valence-electron chi connectivity index (χ1n) is 15.3. The first-order chi connectivity index (χ1) is 22.9. The number of hydrogen-bond acceptors (Lipinski definition) is 9. The third-order valence-corrected chi connectivity index (χ3v) is 8.03. The van der Waals surface area contributed by atoms with E-state index in [4.69, 9.17) is 28.4 Å². The van der Waals surface area contributed by atoms with Gasteiger partial charge in [-0.25, -0.2) is 0 Å². The Morgan fingerprint density at radius 1 is 0.723 bits per heavy atom. The van der Waals surface area contributed by atoms with Crippen molar-refractivity contribution >= 4 is 17.8 Å². The number of esters is 1. The van der Waals surface area contributed by atoms with Gasteiger partial charge in [0.15, 0.2) is 6.10 Å². The van der Waals surface area contributed by atoms with Crippen molar-refractivity contribution in [3.63, 3.8) is 0 Å². The molecule has 2 aliphatic heterocycles. The normalized spacial score (nSPS) is 22.1. The summed E-state index contributed by atoms with van der Waals surface area (Å²) < 4.78 is 36.7. The van der Waals surface area contributed by atoms with Crippen LogP contribution in [0.2, 0.25) is 0 Å². The van der Waals surface area contributed by atoms with Crippen LogP contribution < -0.4 is 9.47 Å². The molecule has 0 aliphatic carbocycles. The van der Waals surface area contributed by atoms with E-state index in [0.717, 1.165) is 16.0 Å². The minimum Gasteiger partial charge on any atom is -0.497 e. The molecule has 0 radical (unpaired) electrons. The van der Waals surface area contributed by atoms with E-state index >= 15 is 0 Å². The van der Waals surface area contributed by atoms with Gasteiger partial charge in [-0.15, -0.1) is 0 Å². The molecule has 10 heteroatoms. The molecular formula is C37H35NO9. The van der Waals surface area contributed by atoms with Crippen LogP contribution in [0.1, 0.15) is 38.8 Å². The fourth-order valence-electron chi connectivity index (χ4n) is 5.82. The Morgan fingerprint density at radius 2 is 1.28 bits per heavy atom. The van der Waals surface area contributed by atoms with Crippen LogP contribution in [0, 0.1) is 0 Å². The molecule has 10 nitrogen and oxygen atoms in total. The number of hydrogen-bond donors (Lipinski definition) is 0. The van der Waals surface area contributed by atoms with E-state index in [0.29, 0.717) is 11.5 Å². The summed E-state index contributed by atoms with van der Waals surface area (Å²) in [6, 6.07) is 31.3. The lowest BCUT2D eigenvalue weighted by Crippen LogP contribution is -2.68. The molecule has 0 spiro atoms. The highest BCUT2D eigenvalue weighted by Crippen LogP contribution is 2.36. The number of nitrogens with zero attached hydrogens (tertiary/aromatic N) is 1. The van der Waals surface area contributed by atoms with E-state index in [1.807, 2.05) is 60.7 Å². The number of rotatable bonds is 12. The van der Waals surface area contributed by atoms with E-state index in [2.05, 4.69) is 0 Å². The zero-order valence-corrected chi connectivity index (χ0v) is 26.0. The number of fused-ring (bicyclic) bond motifs is 1. The van der Waals surface area contributed by atoms with Crippen molar-refractivity contribution in [1.82, 2.24) is 4.90 Å². The topological polar surface area (TPSA) is 110 Å². The van der Waals surface area contributed by atoms with Gasteiger partial charge in [0.25, 0.3) is 11.8 Å². The van der Waals surface area contributed by atoms with Crippen molar-refractivity contribution in [3.05, 3.63) is 131 Å². The Kier molecular flexibility index (Phi) is 9.92. The maximum absolute atomic E-state index is 13.9. The van der Waals surface area contributed by atoms with Crippen molar-refractivity contribution in [3.8, 4) is 11.5 Å². The Morgan fingerprint density at radius 3 is 1.85 bits per heavy atom. The summed E-state index contributed by atoms with van der Waals surface area (Å²) in [4.78, 5) is 41.6. The summed E-state index contributed by atoms with van der Waals surface area (Å²) in [6.07, 6.45) is -4.26. The van der Waals surface area contributed by atoms with Gasteiger partial charge in [-0.05, 0) is 47.5 Å². The van der Waals surface area contributed by atoms with Crippen LogP contribution in [0.3, 0.4) is 0 Å². The molecular weight excluding hydrogens is 602 g/mol. The number of ether oxygens (including phenoxy) is 6. The predicted octanol–water partition coefficient (Wildman–Crippen LogP) is 5.20. The number of amides is 2. The SMILES string of the molecule is COc1ccc(O[C@H]2O[C@H](COCc3ccccc3)[C@H](OC(C)=O)[C@@H](OCc3ccccc3)[C@H]2N2C(=O)c3ccccc3C2=O)cc1. The monoisotopic (exact) mass is 637 g/mol. The van der Waals surface area contributed by atoms with E-state index in [1.165, 1.54) is 6.92 Å². The zero-order valence-electron chi connectivity index (χ0n) is 26.0. The highest BCUT2D eigenvalue weighted by Gasteiger charge is 2.56. The third-order valence-electron chi connectivity index (χ3n) is 8.03. The summed E-state index contributed by atoms with van der Waals surface area (Å²) in [5.74, 6) is -0.637. The summed E-state index contributed by atoms with van der Waals surface area (Å²) in [6.45, 7) is 1.65. The maximum atomic E-state index is 13.9. The Labute approximate surface area is 272 Å². The number of carbonyl (C=O) groups excluding carboxylic acids is 3. The average Bonchev–Trinajstić information content (AvgIpc) is 3.34. The quantitative estimate of drug-likeness (QED) is 0.153. The molecule has 47 heavy (non-hydrogen) atoms. The first kappa shape index (κ1) is 31.9. The van der Waals surface area contributed by atoms with Crippen molar-refractivity contribution < 1.29 is 42.8 Å². The van der Waals surface area contributed by atoms with Crippen molar-refractivity contribution in [2.75, 3.05) is 13.7 Å². The smallest absolute Gasteiger partial charge is 0.303 e. The van der Waals surface area contributed by atoms with Crippen LogP contribution in [0.5, 0.6) is 11.5 Å². The van der Waals surface area contributed by atoms with Gasteiger partial charge in [-0.2, -0.15) is 0 Å². The van der Waals surface area contributed by atoms with Gasteiger partial charge in [-0.3, -0.25) is 19.3 Å². The van der Waals surface area contributed by atoms with Gasteiger partial charge in [0.1, 0.15) is 29.7 Å². The summed E-state index contributed by atoms with van der Waals surface area (Å²) in [5.41, 5.74) is 2.28. The molecule has 4 aromatic rings. The van der Waals surface area contributed by atoms with Gasteiger partial charge in [0.05, 0.1) is 38.1 Å². The molecule has 0 saturated carbocycles. The lowest BCUT2D eigenvalue weighted by molar-refractivity contribution is -0.272. The predicted molar refractivity (Wildman–Crippen MR) is 170 cm³/mol. The fraction of sp³-hybridized carbons (Fsp3) is 0.270. The van der Waals surface area contributed by atoms with E-state index in [-0.39, 0.29) is 30.9 Å². The van der Waals surface area contributed by atoms with E-state index < -0.39 is 48.4 Å². The number of carbonyl (C=O) groups is 3. The molecule has 2 amide bonds. The minimum absolute atomic E-state index is 0.00461. The second-order valence-electron chi connectivity index (χ2n) is 11.2. The van der Waals surface area contributed by atoms with Crippen LogP contribution in [-0.4, -0.2) is 67.0 Å². The Hall–Kier alpha value is -5.03. The van der Waals surface area contributed by atoms with Crippen LogP contribution in [0.15, 0.2) is 109 Å². The van der Waals surface area contributed by atoms with Crippen LogP contribution in [0.25, 0.3) is 0 Å². The number of benzene rings is 4. The second-order valence-corrected chi connectivity index (χ2v) is 11.2. The van der Waals surface area contributed by atoms with Crippen LogP contribution >= 0.6 is 0 Å². The highest BCUT2D eigenvalue weighted by atomic mass is 16.7. The number of imide groups is 1. The lowest BCUT2D eigenvalue weighted by atomic mass is 9.94. The minimum atomic E-state index is -1.23. The van der Waals surface area contributed by atoms with Gasteiger partial charge in [0, 0.05) is 6.92 Å². The van der Waals surface area contributed by atoms with E-state index in [9.17, 15) is 14.4 Å². The highest BCUT2D eigenvalue weighted by molar-refractivity contribution is 6.21. The fourth-order valence-corrected chi connectivity index (χ4v) is 5.82. The molecule has 2 heterocycles. The summed E-state index contributed by atoms with van der Waals surface area (Å²) in [5, 5.41) is 0. The van der Waals surface area contributed by atoms with Gasteiger partial charge in [0.2, 0.25) is 6.29 Å². The molecule has 1 saturated heterocycles. The standard InChI is InChI=1S/C37H35NO9/c1-24(39)45-33-31(23-43-21-25-11-5-3-6-12-25)47-37(46-28-19-17-27(42-2)18-20-28)32(34(33)44-22-26-13-7-4-8-14-26)38-35(40)29-15-9-10-16-30(29)36(38)41/h3-20,31-34,37H,21-23H2,1-2H3/t31-,32-,33+,34+,37+/m1/s1.